The number of fused-ring (bicyclic) bond motifs is 1. The minimum Gasteiger partial charge on any atom is -0.363 e. The third-order valence-electron chi connectivity index (χ3n) is 4.49. The standard InChI is InChI=1S/C17H22FN3O3/c1-20(2)16(22)15-6-4-13(24-15)10-19-17(23)21-8-7-11-9-12(18)3-5-14(11)21/h3,5,9,13,15H,4,6-8,10H2,1-2H3,(H,19,23)/t13-,15-/m0/s1. The summed E-state index contributed by atoms with van der Waals surface area (Å²) in [5.41, 5.74) is 1.60. The minimum absolute atomic E-state index is 0.0423. The lowest BCUT2D eigenvalue weighted by Crippen LogP contribution is -2.42. The highest BCUT2D eigenvalue weighted by Gasteiger charge is 2.32. The first kappa shape index (κ1) is 16.7. The lowest BCUT2D eigenvalue weighted by atomic mass is 10.2. The molecule has 1 saturated heterocycles. The molecule has 130 valence electrons. The number of nitrogens with zero attached hydrogens (tertiary/aromatic N) is 2. The molecule has 2 aliphatic heterocycles. The molecule has 0 radical (unpaired) electrons. The van der Waals surface area contributed by atoms with Crippen LogP contribution in [0.25, 0.3) is 0 Å². The van der Waals surface area contributed by atoms with Crippen molar-refractivity contribution in [2.45, 2.75) is 31.5 Å². The van der Waals surface area contributed by atoms with Crippen LogP contribution in [0.3, 0.4) is 0 Å². The van der Waals surface area contributed by atoms with Crippen molar-refractivity contribution < 1.29 is 18.7 Å². The van der Waals surface area contributed by atoms with E-state index in [4.69, 9.17) is 4.74 Å². The lowest BCUT2D eigenvalue weighted by Gasteiger charge is -2.20. The van der Waals surface area contributed by atoms with Gasteiger partial charge in [-0.05, 0) is 43.0 Å². The first-order valence-corrected chi connectivity index (χ1v) is 8.16. The van der Waals surface area contributed by atoms with E-state index in [1.54, 1.807) is 25.1 Å². The van der Waals surface area contributed by atoms with Crippen molar-refractivity contribution in [2.75, 3.05) is 32.1 Å². The number of hydrogen-bond acceptors (Lipinski definition) is 3. The molecule has 0 bridgehead atoms. The molecular formula is C17H22FN3O3. The Labute approximate surface area is 140 Å². The summed E-state index contributed by atoms with van der Waals surface area (Å²) in [4.78, 5) is 27.4. The molecule has 0 aromatic heterocycles. The molecule has 2 heterocycles. The van der Waals surface area contributed by atoms with Crippen LogP contribution in [0, 0.1) is 5.82 Å². The Balaban J connectivity index is 1.52. The van der Waals surface area contributed by atoms with Gasteiger partial charge in [-0.3, -0.25) is 9.69 Å². The summed E-state index contributed by atoms with van der Waals surface area (Å²) < 4.78 is 18.9. The number of hydrogen-bond donors (Lipinski definition) is 1. The Bertz CT molecular complexity index is 650. The summed E-state index contributed by atoms with van der Waals surface area (Å²) in [6, 6.07) is 4.25. The van der Waals surface area contributed by atoms with Crippen LogP contribution in [0.1, 0.15) is 18.4 Å². The molecule has 1 N–H and O–H groups in total. The number of likely N-dealkylation sites (N-methyl/N-ethyl adjacent to an activating group) is 1. The smallest absolute Gasteiger partial charge is 0.321 e. The van der Waals surface area contributed by atoms with Gasteiger partial charge in [0.05, 0.1) is 6.10 Å². The van der Waals surface area contributed by atoms with Crippen molar-refractivity contribution in [3.05, 3.63) is 29.6 Å². The number of carbonyl (C=O) groups excluding carboxylic acids is 2. The number of amides is 3. The second kappa shape index (κ2) is 6.76. The van der Waals surface area contributed by atoms with Crippen molar-refractivity contribution in [1.82, 2.24) is 10.2 Å². The largest absolute Gasteiger partial charge is 0.363 e. The lowest BCUT2D eigenvalue weighted by molar-refractivity contribution is -0.140. The van der Waals surface area contributed by atoms with E-state index in [1.165, 1.54) is 17.0 Å². The third kappa shape index (κ3) is 3.36. The molecule has 3 amide bonds. The predicted octanol–water partition coefficient (Wildman–Crippen LogP) is 1.53. The maximum atomic E-state index is 13.2. The van der Waals surface area contributed by atoms with Gasteiger partial charge >= 0.3 is 6.03 Å². The van der Waals surface area contributed by atoms with Crippen molar-refractivity contribution in [3.8, 4) is 0 Å². The van der Waals surface area contributed by atoms with E-state index in [9.17, 15) is 14.0 Å². The van der Waals surface area contributed by atoms with Crippen LogP contribution in [-0.2, 0) is 16.0 Å². The second-order valence-electron chi connectivity index (χ2n) is 6.42. The van der Waals surface area contributed by atoms with Gasteiger partial charge in [0, 0.05) is 32.9 Å². The number of ether oxygens (including phenoxy) is 1. The van der Waals surface area contributed by atoms with Gasteiger partial charge in [-0.2, -0.15) is 0 Å². The average molecular weight is 335 g/mol. The average Bonchev–Trinajstić information content (AvgIpc) is 3.18. The van der Waals surface area contributed by atoms with Crippen LogP contribution in [0.5, 0.6) is 0 Å². The highest BCUT2D eigenvalue weighted by Crippen LogP contribution is 2.28. The Hall–Kier alpha value is -2.15. The van der Waals surface area contributed by atoms with Crippen molar-refractivity contribution in [1.29, 1.82) is 0 Å². The van der Waals surface area contributed by atoms with E-state index < -0.39 is 6.10 Å². The first-order chi connectivity index (χ1) is 11.5. The summed E-state index contributed by atoms with van der Waals surface area (Å²) >= 11 is 0. The highest BCUT2D eigenvalue weighted by molar-refractivity contribution is 5.94. The van der Waals surface area contributed by atoms with E-state index in [-0.39, 0.29) is 23.9 Å². The molecule has 2 atom stereocenters. The van der Waals surface area contributed by atoms with Crippen molar-refractivity contribution in [2.24, 2.45) is 0 Å². The van der Waals surface area contributed by atoms with Gasteiger partial charge in [0.1, 0.15) is 11.9 Å². The zero-order valence-electron chi connectivity index (χ0n) is 13.9. The maximum Gasteiger partial charge on any atom is 0.321 e. The van der Waals surface area contributed by atoms with E-state index in [2.05, 4.69) is 5.32 Å². The summed E-state index contributed by atoms with van der Waals surface area (Å²) in [5, 5.41) is 2.85. The fourth-order valence-corrected chi connectivity index (χ4v) is 3.20. The van der Waals surface area contributed by atoms with Gasteiger partial charge in [-0.15, -0.1) is 0 Å². The Kier molecular flexibility index (Phi) is 4.71. The van der Waals surface area contributed by atoms with Gasteiger partial charge < -0.3 is 15.0 Å². The van der Waals surface area contributed by atoms with Crippen LogP contribution < -0.4 is 10.2 Å². The van der Waals surface area contributed by atoms with Gasteiger partial charge in [-0.1, -0.05) is 0 Å². The maximum absolute atomic E-state index is 13.2. The Morgan fingerprint density at radius 1 is 1.38 bits per heavy atom. The summed E-state index contributed by atoms with van der Waals surface area (Å²) in [5.74, 6) is -0.328. The fourth-order valence-electron chi connectivity index (χ4n) is 3.20. The van der Waals surface area contributed by atoms with Crippen LogP contribution in [0.2, 0.25) is 0 Å². The second-order valence-corrected chi connectivity index (χ2v) is 6.42. The minimum atomic E-state index is -0.419. The Morgan fingerprint density at radius 3 is 2.92 bits per heavy atom. The molecule has 1 aromatic rings. The number of nitrogens with one attached hydrogen (secondary N) is 1. The van der Waals surface area contributed by atoms with E-state index in [0.29, 0.717) is 25.9 Å². The van der Waals surface area contributed by atoms with Gasteiger partial charge in [0.25, 0.3) is 5.91 Å². The molecular weight excluding hydrogens is 313 g/mol. The summed E-state index contributed by atoms with van der Waals surface area (Å²) in [6.45, 7) is 0.904. The fraction of sp³-hybridized carbons (Fsp3) is 0.529. The molecule has 0 spiro atoms. The summed E-state index contributed by atoms with van der Waals surface area (Å²) in [6.07, 6.45) is 1.49. The zero-order valence-corrected chi connectivity index (χ0v) is 13.9. The number of carbonyl (C=O) groups is 2. The number of benzene rings is 1. The van der Waals surface area contributed by atoms with Crippen molar-refractivity contribution >= 4 is 17.6 Å². The van der Waals surface area contributed by atoms with E-state index in [1.807, 2.05) is 0 Å². The van der Waals surface area contributed by atoms with Gasteiger partial charge in [0.15, 0.2) is 0 Å². The van der Waals surface area contributed by atoms with Crippen LogP contribution in [-0.4, -0.2) is 56.2 Å². The molecule has 7 heteroatoms. The first-order valence-electron chi connectivity index (χ1n) is 8.16. The Morgan fingerprint density at radius 2 is 2.17 bits per heavy atom. The number of halogens is 1. The topological polar surface area (TPSA) is 61.9 Å². The molecule has 1 aromatic carbocycles. The molecule has 0 saturated carbocycles. The SMILES string of the molecule is CN(C)C(=O)[C@@H]1CC[C@@H](CNC(=O)N2CCc3cc(F)ccc32)O1. The van der Waals surface area contributed by atoms with Crippen LogP contribution in [0.4, 0.5) is 14.9 Å². The zero-order chi connectivity index (χ0) is 17.3. The molecule has 6 nitrogen and oxygen atoms in total. The molecule has 3 rings (SSSR count). The summed E-state index contributed by atoms with van der Waals surface area (Å²) in [7, 11) is 3.41. The van der Waals surface area contributed by atoms with E-state index >= 15 is 0 Å². The van der Waals surface area contributed by atoms with Crippen LogP contribution >= 0.6 is 0 Å². The molecule has 2 aliphatic rings. The van der Waals surface area contributed by atoms with Crippen LogP contribution in [0.15, 0.2) is 18.2 Å². The van der Waals surface area contributed by atoms with Gasteiger partial charge in [0.2, 0.25) is 0 Å². The molecule has 24 heavy (non-hydrogen) atoms. The van der Waals surface area contributed by atoms with Gasteiger partial charge in [-0.25, -0.2) is 9.18 Å². The number of anilines is 1. The van der Waals surface area contributed by atoms with E-state index in [0.717, 1.165) is 17.7 Å². The quantitative estimate of drug-likeness (QED) is 0.911. The molecule has 0 unspecified atom stereocenters. The number of urea groups is 1. The monoisotopic (exact) mass is 335 g/mol. The third-order valence-corrected chi connectivity index (χ3v) is 4.49. The predicted molar refractivity (Wildman–Crippen MR) is 87.4 cm³/mol. The molecule has 1 fully saturated rings. The van der Waals surface area contributed by atoms with Crippen molar-refractivity contribution in [3.63, 3.8) is 0 Å². The normalized spacial score (nSPS) is 22.4. The molecule has 0 aliphatic carbocycles. The highest BCUT2D eigenvalue weighted by atomic mass is 19.1. The number of rotatable bonds is 3.